The third kappa shape index (κ3) is 7.66. The summed E-state index contributed by atoms with van der Waals surface area (Å²) in [4.78, 5) is 51.1. The average Bonchev–Trinajstić information content (AvgIpc) is 2.88. The Kier molecular flexibility index (Phi) is 10.00. The van der Waals surface area contributed by atoms with E-state index in [1.165, 1.54) is 18.9 Å². The Morgan fingerprint density at radius 1 is 1.26 bits per heavy atom. The summed E-state index contributed by atoms with van der Waals surface area (Å²) in [5, 5.41) is 11.3. The number of benzene rings is 1. The Hall–Kier alpha value is -2.39. The van der Waals surface area contributed by atoms with Crippen LogP contribution in [0.5, 0.6) is 0 Å². The van der Waals surface area contributed by atoms with Crippen molar-refractivity contribution in [3.05, 3.63) is 35.9 Å². The molecule has 1 heterocycles. The Morgan fingerprint density at radius 3 is 2.58 bits per heavy atom. The SMILES string of the molecule is COC(=O)CN1C(=O)[C@@H](NC(=O)[C@H](Cc2ccccc2)SC(C)=O)CCC[C@@H]1CCO. The topological polar surface area (TPSA) is 113 Å². The molecule has 0 aliphatic carbocycles. The fourth-order valence-corrected chi connectivity index (χ4v) is 4.54. The van der Waals surface area contributed by atoms with Crippen molar-refractivity contribution in [2.24, 2.45) is 0 Å². The fraction of sp³-hybridized carbons (Fsp3) is 0.545. The lowest BCUT2D eigenvalue weighted by molar-refractivity contribution is -0.149. The minimum Gasteiger partial charge on any atom is -0.468 e. The van der Waals surface area contributed by atoms with E-state index in [4.69, 9.17) is 4.74 Å². The van der Waals surface area contributed by atoms with E-state index in [9.17, 15) is 24.3 Å². The Balaban J connectivity index is 2.16. The van der Waals surface area contributed by atoms with Gasteiger partial charge >= 0.3 is 5.97 Å². The van der Waals surface area contributed by atoms with Crippen molar-refractivity contribution in [1.82, 2.24) is 10.2 Å². The molecule has 1 aliphatic rings. The summed E-state index contributed by atoms with van der Waals surface area (Å²) in [6, 6.07) is 8.27. The normalized spacial score (nSPS) is 20.0. The number of ether oxygens (including phenoxy) is 1. The first-order chi connectivity index (χ1) is 14.8. The van der Waals surface area contributed by atoms with Gasteiger partial charge in [-0.1, -0.05) is 42.1 Å². The number of carbonyl (C=O) groups excluding carboxylic acids is 4. The minimum absolute atomic E-state index is 0.110. The van der Waals surface area contributed by atoms with Crippen LogP contribution >= 0.6 is 11.8 Å². The number of hydrogen-bond acceptors (Lipinski definition) is 7. The third-order valence-corrected chi connectivity index (χ3v) is 6.22. The van der Waals surface area contributed by atoms with E-state index in [-0.39, 0.29) is 36.1 Å². The van der Waals surface area contributed by atoms with Gasteiger partial charge in [0.05, 0.1) is 12.4 Å². The lowest BCUT2D eigenvalue weighted by atomic mass is 10.1. The molecular weight excluding hydrogens is 420 g/mol. The van der Waals surface area contributed by atoms with Gasteiger partial charge in [0.15, 0.2) is 5.12 Å². The molecule has 8 nitrogen and oxygen atoms in total. The van der Waals surface area contributed by atoms with Gasteiger partial charge in [-0.2, -0.15) is 0 Å². The standard InChI is InChI=1S/C22H30N2O6S/c1-15(26)31-19(13-16-7-4-3-5-8-16)21(28)23-18-10-6-9-17(11-12-25)24(22(18)29)14-20(27)30-2/h3-5,7-8,17-19,25H,6,9-14H2,1-2H3,(H,23,28)/t17-,18+,19+/m1/s1. The van der Waals surface area contributed by atoms with Gasteiger partial charge in [0.1, 0.15) is 12.6 Å². The highest BCUT2D eigenvalue weighted by atomic mass is 32.2. The highest BCUT2D eigenvalue weighted by molar-refractivity contribution is 8.14. The second-order valence-corrected chi connectivity index (χ2v) is 8.87. The van der Waals surface area contributed by atoms with Gasteiger partial charge in [-0.25, -0.2) is 0 Å². The lowest BCUT2D eigenvalue weighted by Gasteiger charge is -2.31. The molecule has 3 atom stereocenters. The Bertz CT molecular complexity index is 773. The van der Waals surface area contributed by atoms with Crippen LogP contribution in [0.2, 0.25) is 0 Å². The number of carbonyl (C=O) groups is 4. The van der Waals surface area contributed by atoms with Crippen molar-refractivity contribution < 1.29 is 29.0 Å². The van der Waals surface area contributed by atoms with Crippen LogP contribution in [-0.4, -0.2) is 70.5 Å². The van der Waals surface area contributed by atoms with E-state index in [0.717, 1.165) is 17.3 Å². The first-order valence-electron chi connectivity index (χ1n) is 10.3. The summed E-state index contributed by atoms with van der Waals surface area (Å²) < 4.78 is 4.71. The van der Waals surface area contributed by atoms with E-state index >= 15 is 0 Å². The van der Waals surface area contributed by atoms with Gasteiger partial charge in [0.2, 0.25) is 11.8 Å². The largest absolute Gasteiger partial charge is 0.468 e. The number of nitrogens with one attached hydrogen (secondary N) is 1. The highest BCUT2D eigenvalue weighted by Crippen LogP contribution is 2.23. The maximum atomic E-state index is 13.2. The van der Waals surface area contributed by atoms with Crippen LogP contribution in [0.1, 0.15) is 38.2 Å². The number of methoxy groups -OCH3 is 1. The summed E-state index contributed by atoms with van der Waals surface area (Å²) >= 11 is 0.938. The van der Waals surface area contributed by atoms with Crippen molar-refractivity contribution >= 4 is 34.7 Å². The van der Waals surface area contributed by atoms with E-state index in [1.807, 2.05) is 30.3 Å². The van der Waals surface area contributed by atoms with Crippen LogP contribution < -0.4 is 5.32 Å². The number of aliphatic hydroxyl groups is 1. The fourth-order valence-electron chi connectivity index (χ4n) is 3.69. The smallest absolute Gasteiger partial charge is 0.325 e. The molecule has 0 spiro atoms. The zero-order chi connectivity index (χ0) is 22.8. The monoisotopic (exact) mass is 450 g/mol. The van der Waals surface area contributed by atoms with Crippen molar-refractivity contribution in [3.63, 3.8) is 0 Å². The predicted molar refractivity (Wildman–Crippen MR) is 117 cm³/mol. The zero-order valence-corrected chi connectivity index (χ0v) is 18.7. The van der Waals surface area contributed by atoms with Crippen molar-refractivity contribution in [1.29, 1.82) is 0 Å². The average molecular weight is 451 g/mol. The Morgan fingerprint density at radius 2 is 1.97 bits per heavy atom. The number of aliphatic hydroxyl groups excluding tert-OH is 1. The molecule has 1 fully saturated rings. The number of esters is 1. The molecule has 0 aromatic heterocycles. The molecule has 1 aromatic rings. The molecule has 31 heavy (non-hydrogen) atoms. The summed E-state index contributed by atoms with van der Waals surface area (Å²) in [7, 11) is 1.25. The minimum atomic E-state index is -0.799. The second kappa shape index (κ2) is 12.5. The third-order valence-electron chi connectivity index (χ3n) is 5.22. The van der Waals surface area contributed by atoms with Gasteiger partial charge in [-0.15, -0.1) is 0 Å². The molecule has 2 rings (SSSR count). The first kappa shape index (κ1) is 24.9. The molecule has 2 N–H and O–H groups in total. The number of hydrogen-bond donors (Lipinski definition) is 2. The molecule has 170 valence electrons. The van der Waals surface area contributed by atoms with E-state index in [0.29, 0.717) is 32.1 Å². The molecule has 0 radical (unpaired) electrons. The number of nitrogens with zero attached hydrogens (tertiary/aromatic N) is 1. The molecule has 1 saturated heterocycles. The van der Waals surface area contributed by atoms with Crippen LogP contribution in [0.15, 0.2) is 30.3 Å². The maximum Gasteiger partial charge on any atom is 0.325 e. The van der Waals surface area contributed by atoms with Gasteiger partial charge in [-0.3, -0.25) is 19.2 Å². The number of rotatable bonds is 9. The molecular formula is C22H30N2O6S. The van der Waals surface area contributed by atoms with E-state index < -0.39 is 17.3 Å². The molecule has 0 bridgehead atoms. The molecule has 0 saturated carbocycles. The van der Waals surface area contributed by atoms with Crippen molar-refractivity contribution in [2.45, 2.75) is 56.4 Å². The van der Waals surface area contributed by atoms with Crippen molar-refractivity contribution in [2.75, 3.05) is 20.3 Å². The quantitative estimate of drug-likeness (QED) is 0.545. The van der Waals surface area contributed by atoms with Crippen LogP contribution in [0.3, 0.4) is 0 Å². The van der Waals surface area contributed by atoms with Crippen LogP contribution in [-0.2, 0) is 30.3 Å². The van der Waals surface area contributed by atoms with Gasteiger partial charge in [0, 0.05) is 19.6 Å². The molecule has 1 aliphatic heterocycles. The lowest BCUT2D eigenvalue weighted by Crippen LogP contribution is -2.53. The molecule has 0 unspecified atom stereocenters. The zero-order valence-electron chi connectivity index (χ0n) is 17.9. The van der Waals surface area contributed by atoms with E-state index in [1.54, 1.807) is 0 Å². The molecule has 2 amide bonds. The molecule has 1 aromatic carbocycles. The summed E-state index contributed by atoms with van der Waals surface area (Å²) in [6.45, 7) is 1.06. The van der Waals surface area contributed by atoms with E-state index in [2.05, 4.69) is 5.32 Å². The molecule has 9 heteroatoms. The highest BCUT2D eigenvalue weighted by Gasteiger charge is 2.36. The summed E-state index contributed by atoms with van der Waals surface area (Å²) in [5.41, 5.74) is 0.916. The second-order valence-electron chi connectivity index (χ2n) is 7.49. The number of likely N-dealkylation sites (tertiary alicyclic amines) is 1. The predicted octanol–water partition coefficient (Wildman–Crippen LogP) is 1.30. The summed E-state index contributed by atoms with van der Waals surface area (Å²) in [5.74, 6) is -1.32. The van der Waals surface area contributed by atoms with Crippen LogP contribution in [0.4, 0.5) is 0 Å². The van der Waals surface area contributed by atoms with Gasteiger partial charge in [-0.05, 0) is 37.7 Å². The Labute approximate surface area is 186 Å². The summed E-state index contributed by atoms with van der Waals surface area (Å²) in [6.07, 6.45) is 2.40. The maximum absolute atomic E-state index is 13.2. The van der Waals surface area contributed by atoms with Crippen molar-refractivity contribution in [3.8, 4) is 0 Å². The number of amides is 2. The van der Waals surface area contributed by atoms with Gasteiger partial charge < -0.3 is 20.1 Å². The van der Waals surface area contributed by atoms with Crippen LogP contribution in [0.25, 0.3) is 0 Å². The first-order valence-corrected chi connectivity index (χ1v) is 11.2. The van der Waals surface area contributed by atoms with Gasteiger partial charge in [0.25, 0.3) is 0 Å². The van der Waals surface area contributed by atoms with Crippen LogP contribution in [0, 0.1) is 0 Å². The number of thioether (sulfide) groups is 1.